The molecule has 0 spiro atoms. The zero-order chi connectivity index (χ0) is 20.0. The van der Waals surface area contributed by atoms with Crippen LogP contribution in [0.5, 0.6) is 5.75 Å². The van der Waals surface area contributed by atoms with E-state index < -0.39 is 0 Å². The van der Waals surface area contributed by atoms with Gasteiger partial charge in [-0.05, 0) is 69.2 Å². The van der Waals surface area contributed by atoms with Crippen LogP contribution in [0, 0.1) is 0 Å². The summed E-state index contributed by atoms with van der Waals surface area (Å²) in [6.07, 6.45) is 7.57. The molecule has 0 saturated carbocycles. The number of aromatic nitrogens is 3. The number of fused-ring (bicyclic) bond motifs is 2. The summed E-state index contributed by atoms with van der Waals surface area (Å²) in [5.74, 6) is 1.75. The van der Waals surface area contributed by atoms with E-state index in [2.05, 4.69) is 57.6 Å². The standard InChI is InChI=1S/C23H29N5O/c1-15-6-5-7-16(2)28(15)23-26-25-22-13-10-17(14-27(22)23)29-21-12-11-20(24)18-8-3-4-9-19(18)21/h3-4,8-10,13-16,20-21H,5-7,11-12,24H2,1-2H3. The van der Waals surface area contributed by atoms with Gasteiger partial charge in [-0.2, -0.15) is 0 Å². The van der Waals surface area contributed by atoms with Crippen LogP contribution in [0.3, 0.4) is 0 Å². The largest absolute Gasteiger partial charge is 0.484 e. The number of anilines is 1. The van der Waals surface area contributed by atoms with Gasteiger partial charge < -0.3 is 15.4 Å². The number of hydrogen-bond donors (Lipinski definition) is 1. The summed E-state index contributed by atoms with van der Waals surface area (Å²) < 4.78 is 8.53. The Morgan fingerprint density at radius 1 is 0.931 bits per heavy atom. The van der Waals surface area contributed by atoms with Gasteiger partial charge in [0.05, 0.1) is 6.20 Å². The first-order valence-electron chi connectivity index (χ1n) is 10.8. The van der Waals surface area contributed by atoms with Crippen LogP contribution >= 0.6 is 0 Å². The van der Waals surface area contributed by atoms with Crippen molar-refractivity contribution in [3.63, 3.8) is 0 Å². The lowest BCUT2D eigenvalue weighted by Gasteiger charge is -2.39. The fraction of sp³-hybridized carbons (Fsp3) is 0.478. The number of ether oxygens (including phenoxy) is 1. The van der Waals surface area contributed by atoms with E-state index in [9.17, 15) is 0 Å². The van der Waals surface area contributed by atoms with Crippen LogP contribution < -0.4 is 15.4 Å². The van der Waals surface area contributed by atoms with Gasteiger partial charge >= 0.3 is 0 Å². The van der Waals surface area contributed by atoms with Crippen LogP contribution in [0.15, 0.2) is 42.6 Å². The van der Waals surface area contributed by atoms with Crippen LogP contribution in [0.25, 0.3) is 5.65 Å². The van der Waals surface area contributed by atoms with E-state index in [0.717, 1.165) is 30.2 Å². The monoisotopic (exact) mass is 391 g/mol. The van der Waals surface area contributed by atoms with Crippen molar-refractivity contribution < 1.29 is 4.74 Å². The highest BCUT2D eigenvalue weighted by Gasteiger charge is 2.29. The molecule has 2 aliphatic rings. The van der Waals surface area contributed by atoms with Crippen molar-refractivity contribution in [2.75, 3.05) is 4.90 Å². The summed E-state index contributed by atoms with van der Waals surface area (Å²) in [5.41, 5.74) is 9.56. The minimum absolute atomic E-state index is 0.0243. The SMILES string of the molecule is CC1CCCC(C)N1c1nnc2ccc(OC3CCC(N)c4ccccc43)cn12. The lowest BCUT2D eigenvalue weighted by atomic mass is 9.86. The highest BCUT2D eigenvalue weighted by Crippen LogP contribution is 2.38. The number of piperidine rings is 1. The summed E-state index contributed by atoms with van der Waals surface area (Å²) in [7, 11) is 0. The van der Waals surface area contributed by atoms with Gasteiger partial charge in [-0.15, -0.1) is 10.2 Å². The molecular weight excluding hydrogens is 362 g/mol. The molecule has 6 nitrogen and oxygen atoms in total. The summed E-state index contributed by atoms with van der Waals surface area (Å²) in [6.45, 7) is 4.55. The molecule has 2 N–H and O–H groups in total. The Hall–Kier alpha value is -2.60. The van der Waals surface area contributed by atoms with Crippen LogP contribution in [-0.4, -0.2) is 26.7 Å². The van der Waals surface area contributed by atoms with Crippen molar-refractivity contribution in [2.24, 2.45) is 5.73 Å². The van der Waals surface area contributed by atoms with Crippen molar-refractivity contribution in [2.45, 2.75) is 70.2 Å². The van der Waals surface area contributed by atoms with Crippen molar-refractivity contribution >= 4 is 11.6 Å². The number of benzene rings is 1. The first-order valence-corrected chi connectivity index (χ1v) is 10.8. The van der Waals surface area contributed by atoms with Gasteiger partial charge in [0, 0.05) is 18.1 Å². The normalized spacial score (nSPS) is 27.1. The molecule has 1 saturated heterocycles. The summed E-state index contributed by atoms with van der Waals surface area (Å²) in [5, 5.41) is 8.92. The molecule has 6 heteroatoms. The maximum Gasteiger partial charge on any atom is 0.232 e. The fourth-order valence-corrected chi connectivity index (χ4v) is 4.99. The zero-order valence-electron chi connectivity index (χ0n) is 17.2. The highest BCUT2D eigenvalue weighted by atomic mass is 16.5. The fourth-order valence-electron chi connectivity index (χ4n) is 4.99. The maximum absolute atomic E-state index is 6.45. The van der Waals surface area contributed by atoms with Gasteiger partial charge in [0.25, 0.3) is 0 Å². The molecule has 5 rings (SSSR count). The van der Waals surface area contributed by atoms with E-state index in [0.29, 0.717) is 12.1 Å². The minimum atomic E-state index is 0.0243. The molecule has 1 aliphatic carbocycles. The van der Waals surface area contributed by atoms with Crippen molar-refractivity contribution in [3.05, 3.63) is 53.7 Å². The molecular formula is C23H29N5O. The first-order chi connectivity index (χ1) is 14.1. The minimum Gasteiger partial charge on any atom is -0.484 e. The molecule has 29 heavy (non-hydrogen) atoms. The molecule has 4 atom stereocenters. The molecule has 0 radical (unpaired) electrons. The molecule has 2 aromatic heterocycles. The lowest BCUT2D eigenvalue weighted by Crippen LogP contribution is -2.44. The Kier molecular flexibility index (Phi) is 4.66. The molecule has 4 unspecified atom stereocenters. The Bertz CT molecular complexity index is 1010. The molecule has 3 heterocycles. The van der Waals surface area contributed by atoms with E-state index >= 15 is 0 Å². The Morgan fingerprint density at radius 2 is 1.69 bits per heavy atom. The topological polar surface area (TPSA) is 68.7 Å². The average Bonchev–Trinajstić information content (AvgIpc) is 3.13. The van der Waals surface area contributed by atoms with Crippen molar-refractivity contribution in [1.82, 2.24) is 14.6 Å². The van der Waals surface area contributed by atoms with Gasteiger partial charge in [0.1, 0.15) is 11.9 Å². The van der Waals surface area contributed by atoms with Gasteiger partial charge in [-0.3, -0.25) is 4.40 Å². The predicted octanol–water partition coefficient (Wildman–Crippen LogP) is 4.41. The lowest BCUT2D eigenvalue weighted by molar-refractivity contribution is 0.176. The average molecular weight is 392 g/mol. The van der Waals surface area contributed by atoms with E-state index in [1.54, 1.807) is 0 Å². The molecule has 0 bridgehead atoms. The van der Waals surface area contributed by atoms with E-state index in [1.165, 1.54) is 30.4 Å². The molecule has 3 aromatic rings. The third-order valence-electron chi connectivity index (χ3n) is 6.54. The third kappa shape index (κ3) is 3.25. The van der Waals surface area contributed by atoms with Crippen LogP contribution in [0.4, 0.5) is 5.95 Å². The Labute approximate surface area is 171 Å². The molecule has 152 valence electrons. The summed E-state index contributed by atoms with van der Waals surface area (Å²) >= 11 is 0. The van der Waals surface area contributed by atoms with Gasteiger partial charge in [-0.1, -0.05) is 24.3 Å². The molecule has 0 amide bonds. The quantitative estimate of drug-likeness (QED) is 0.716. The van der Waals surface area contributed by atoms with Crippen LogP contribution in [-0.2, 0) is 0 Å². The second kappa shape index (κ2) is 7.34. The smallest absolute Gasteiger partial charge is 0.232 e. The number of rotatable bonds is 3. The second-order valence-corrected chi connectivity index (χ2v) is 8.55. The number of hydrogen-bond acceptors (Lipinski definition) is 5. The van der Waals surface area contributed by atoms with Gasteiger partial charge in [0.15, 0.2) is 5.65 Å². The molecule has 1 aromatic carbocycles. The number of nitrogens with two attached hydrogens (primary N) is 1. The van der Waals surface area contributed by atoms with E-state index in [1.807, 2.05) is 18.3 Å². The molecule has 1 aliphatic heterocycles. The number of pyridine rings is 1. The predicted molar refractivity (Wildman–Crippen MR) is 114 cm³/mol. The zero-order valence-corrected chi connectivity index (χ0v) is 17.2. The summed E-state index contributed by atoms with van der Waals surface area (Å²) in [6, 6.07) is 13.4. The van der Waals surface area contributed by atoms with E-state index in [4.69, 9.17) is 10.5 Å². The van der Waals surface area contributed by atoms with Gasteiger partial charge in [-0.25, -0.2) is 0 Å². The third-order valence-corrected chi connectivity index (χ3v) is 6.54. The number of nitrogens with zero attached hydrogens (tertiary/aromatic N) is 4. The highest BCUT2D eigenvalue weighted by molar-refractivity contribution is 5.50. The van der Waals surface area contributed by atoms with Crippen molar-refractivity contribution in [1.29, 1.82) is 0 Å². The van der Waals surface area contributed by atoms with E-state index in [-0.39, 0.29) is 12.1 Å². The molecule has 1 fully saturated rings. The van der Waals surface area contributed by atoms with Crippen molar-refractivity contribution in [3.8, 4) is 5.75 Å². The van der Waals surface area contributed by atoms with Crippen LogP contribution in [0.1, 0.15) is 69.2 Å². The summed E-state index contributed by atoms with van der Waals surface area (Å²) in [4.78, 5) is 2.40. The second-order valence-electron chi connectivity index (χ2n) is 8.55. The Balaban J connectivity index is 1.47. The first kappa shape index (κ1) is 18.4. The maximum atomic E-state index is 6.45. The van der Waals surface area contributed by atoms with Gasteiger partial charge in [0.2, 0.25) is 5.95 Å². The Morgan fingerprint density at radius 3 is 2.48 bits per heavy atom. The van der Waals surface area contributed by atoms with Crippen LogP contribution in [0.2, 0.25) is 0 Å².